The summed E-state index contributed by atoms with van der Waals surface area (Å²) in [6.07, 6.45) is 5.35. The summed E-state index contributed by atoms with van der Waals surface area (Å²) < 4.78 is 1.77. The second kappa shape index (κ2) is 4.89. The molecule has 3 rings (SSSR count). The van der Waals surface area contributed by atoms with Crippen molar-refractivity contribution in [1.29, 1.82) is 0 Å². The van der Waals surface area contributed by atoms with Crippen molar-refractivity contribution in [3.05, 3.63) is 30.1 Å². The maximum Gasteiger partial charge on any atom is 0.183 e. The number of rotatable bonds is 4. The predicted octanol–water partition coefficient (Wildman–Crippen LogP) is 0.519. The number of aromatic nitrogens is 6. The number of nitrogens with two attached hydrogens (primary N) is 1. The number of aromatic amines is 1. The molecule has 1 atom stereocenters. The fourth-order valence-corrected chi connectivity index (χ4v) is 1.99. The smallest absolute Gasteiger partial charge is 0.183 e. The number of nitrogens with zero attached hydrogens (tertiary/aromatic N) is 5. The summed E-state index contributed by atoms with van der Waals surface area (Å²) in [6, 6.07) is -0.0291. The van der Waals surface area contributed by atoms with Crippen molar-refractivity contribution >= 4 is 17.0 Å². The maximum atomic E-state index is 5.89. The van der Waals surface area contributed by atoms with Gasteiger partial charge in [-0.05, 0) is 6.92 Å². The molecule has 4 N–H and O–H groups in total. The van der Waals surface area contributed by atoms with Gasteiger partial charge in [-0.1, -0.05) is 0 Å². The molecule has 1 unspecified atom stereocenters. The van der Waals surface area contributed by atoms with Gasteiger partial charge in [0.2, 0.25) is 0 Å². The zero-order valence-corrected chi connectivity index (χ0v) is 11.3. The van der Waals surface area contributed by atoms with Crippen LogP contribution in [0, 0.1) is 0 Å². The van der Waals surface area contributed by atoms with E-state index in [1.165, 1.54) is 0 Å². The van der Waals surface area contributed by atoms with Gasteiger partial charge in [0.05, 0.1) is 18.6 Å². The number of hydrogen-bond acceptors (Lipinski definition) is 6. The van der Waals surface area contributed by atoms with Crippen LogP contribution in [-0.4, -0.2) is 29.7 Å². The largest absolute Gasteiger partial charge is 0.382 e. The topological polar surface area (TPSA) is 110 Å². The van der Waals surface area contributed by atoms with Gasteiger partial charge in [0.15, 0.2) is 11.5 Å². The minimum Gasteiger partial charge on any atom is -0.382 e. The number of nitrogens with one attached hydrogen (secondary N) is 2. The van der Waals surface area contributed by atoms with Crippen LogP contribution in [0.25, 0.3) is 11.2 Å². The first-order valence-corrected chi connectivity index (χ1v) is 6.31. The molecule has 3 heterocycles. The molecule has 0 radical (unpaired) electrons. The van der Waals surface area contributed by atoms with E-state index in [0.717, 1.165) is 5.56 Å². The standard InChI is InChI=1S/C12H16N8/c1-7(14-3-8-4-17-20(2)5-8)11-18-10(13)9-12(19-11)16-6-15-9/h4-7,14H,3H2,1-2H3,(H3,13,15,16,18,19). The van der Waals surface area contributed by atoms with Crippen molar-refractivity contribution in [3.8, 4) is 0 Å². The van der Waals surface area contributed by atoms with E-state index >= 15 is 0 Å². The fourth-order valence-electron chi connectivity index (χ4n) is 1.99. The molecule has 3 aromatic rings. The van der Waals surface area contributed by atoms with Crippen molar-refractivity contribution < 1.29 is 0 Å². The van der Waals surface area contributed by atoms with Gasteiger partial charge < -0.3 is 16.0 Å². The summed E-state index contributed by atoms with van der Waals surface area (Å²) in [4.78, 5) is 15.7. The van der Waals surface area contributed by atoms with Crippen LogP contribution in [0.15, 0.2) is 18.7 Å². The molecule has 3 aromatic heterocycles. The van der Waals surface area contributed by atoms with E-state index in [1.807, 2.05) is 26.4 Å². The van der Waals surface area contributed by atoms with Gasteiger partial charge in [0.25, 0.3) is 0 Å². The van der Waals surface area contributed by atoms with Crippen LogP contribution in [0.2, 0.25) is 0 Å². The molecule has 20 heavy (non-hydrogen) atoms. The van der Waals surface area contributed by atoms with Crippen LogP contribution in [0.3, 0.4) is 0 Å². The summed E-state index contributed by atoms with van der Waals surface area (Å²) in [7, 11) is 1.89. The molecule has 0 amide bonds. The van der Waals surface area contributed by atoms with Gasteiger partial charge in [0.1, 0.15) is 11.3 Å². The van der Waals surface area contributed by atoms with Crippen LogP contribution < -0.4 is 11.1 Å². The summed E-state index contributed by atoms with van der Waals surface area (Å²) in [6.45, 7) is 2.68. The van der Waals surface area contributed by atoms with Crippen molar-refractivity contribution in [2.75, 3.05) is 5.73 Å². The molecule has 0 aliphatic rings. The lowest BCUT2D eigenvalue weighted by atomic mass is 10.2. The first-order valence-electron chi connectivity index (χ1n) is 6.31. The predicted molar refractivity (Wildman–Crippen MR) is 74.6 cm³/mol. The average Bonchev–Trinajstić information content (AvgIpc) is 3.04. The Hall–Kier alpha value is -2.48. The Kier molecular flexibility index (Phi) is 3.07. The number of nitrogen functional groups attached to an aromatic ring is 1. The molecule has 0 saturated carbocycles. The third-order valence-corrected chi connectivity index (χ3v) is 3.09. The minimum absolute atomic E-state index is 0.0291. The van der Waals surface area contributed by atoms with Crippen LogP contribution in [-0.2, 0) is 13.6 Å². The second-order valence-corrected chi connectivity index (χ2v) is 4.69. The van der Waals surface area contributed by atoms with Crippen LogP contribution in [0.4, 0.5) is 5.82 Å². The Morgan fingerprint density at radius 3 is 3.05 bits per heavy atom. The van der Waals surface area contributed by atoms with Gasteiger partial charge in [-0.15, -0.1) is 0 Å². The first kappa shape index (κ1) is 12.5. The lowest BCUT2D eigenvalue weighted by Gasteiger charge is -2.12. The SMILES string of the molecule is CC(NCc1cnn(C)c1)c1nc(N)c2[nH]cnc2n1. The molecule has 104 valence electrons. The monoisotopic (exact) mass is 272 g/mol. The van der Waals surface area contributed by atoms with Crippen molar-refractivity contribution in [2.24, 2.45) is 7.05 Å². The van der Waals surface area contributed by atoms with Crippen LogP contribution in [0.1, 0.15) is 24.4 Å². The van der Waals surface area contributed by atoms with Gasteiger partial charge >= 0.3 is 0 Å². The highest BCUT2D eigenvalue weighted by molar-refractivity contribution is 5.80. The number of anilines is 1. The van der Waals surface area contributed by atoms with Crippen LogP contribution in [0.5, 0.6) is 0 Å². The van der Waals surface area contributed by atoms with E-state index in [1.54, 1.807) is 11.0 Å². The number of imidazole rings is 1. The Bertz CT molecular complexity index is 728. The Morgan fingerprint density at radius 2 is 2.30 bits per heavy atom. The summed E-state index contributed by atoms with van der Waals surface area (Å²) >= 11 is 0. The highest BCUT2D eigenvalue weighted by Gasteiger charge is 2.13. The molecule has 0 aliphatic heterocycles. The third-order valence-electron chi connectivity index (χ3n) is 3.09. The number of H-pyrrole nitrogens is 1. The van der Waals surface area contributed by atoms with Crippen molar-refractivity contribution in [1.82, 2.24) is 35.0 Å². The Balaban J connectivity index is 1.76. The number of hydrogen-bond donors (Lipinski definition) is 3. The fraction of sp³-hybridized carbons (Fsp3) is 0.333. The molecule has 8 heteroatoms. The van der Waals surface area contributed by atoms with Gasteiger partial charge in [-0.2, -0.15) is 5.10 Å². The zero-order chi connectivity index (χ0) is 14.1. The van der Waals surface area contributed by atoms with Gasteiger partial charge in [-0.25, -0.2) is 15.0 Å². The van der Waals surface area contributed by atoms with Gasteiger partial charge in [0, 0.05) is 25.4 Å². The molecule has 8 nitrogen and oxygen atoms in total. The molecular formula is C12H16N8. The maximum absolute atomic E-state index is 5.89. The third kappa shape index (κ3) is 2.32. The summed E-state index contributed by atoms with van der Waals surface area (Å²) in [5.41, 5.74) is 8.25. The lowest BCUT2D eigenvalue weighted by Crippen LogP contribution is -2.20. The van der Waals surface area contributed by atoms with E-state index in [2.05, 4.69) is 30.4 Å². The van der Waals surface area contributed by atoms with Crippen molar-refractivity contribution in [3.63, 3.8) is 0 Å². The average molecular weight is 272 g/mol. The van der Waals surface area contributed by atoms with E-state index in [-0.39, 0.29) is 6.04 Å². The van der Waals surface area contributed by atoms with Crippen molar-refractivity contribution in [2.45, 2.75) is 19.5 Å². The second-order valence-electron chi connectivity index (χ2n) is 4.69. The van der Waals surface area contributed by atoms with E-state index < -0.39 is 0 Å². The number of aryl methyl sites for hydroxylation is 1. The Labute approximate surface area is 115 Å². The van der Waals surface area contributed by atoms with E-state index in [4.69, 9.17) is 5.73 Å². The molecule has 0 aliphatic carbocycles. The molecule has 0 fully saturated rings. The lowest BCUT2D eigenvalue weighted by molar-refractivity contribution is 0.548. The van der Waals surface area contributed by atoms with Gasteiger partial charge in [-0.3, -0.25) is 4.68 Å². The van der Waals surface area contributed by atoms with Crippen LogP contribution >= 0.6 is 0 Å². The Morgan fingerprint density at radius 1 is 1.45 bits per heavy atom. The highest BCUT2D eigenvalue weighted by Crippen LogP contribution is 2.16. The molecule has 0 aromatic carbocycles. The first-order chi connectivity index (χ1) is 9.63. The zero-order valence-electron chi connectivity index (χ0n) is 11.3. The minimum atomic E-state index is -0.0291. The summed E-state index contributed by atoms with van der Waals surface area (Å²) in [5.74, 6) is 1.04. The highest BCUT2D eigenvalue weighted by atomic mass is 15.2. The molecule has 0 spiro atoms. The van der Waals surface area contributed by atoms with E-state index in [9.17, 15) is 0 Å². The molecule has 0 bridgehead atoms. The number of fused-ring (bicyclic) bond motifs is 1. The summed E-state index contributed by atoms with van der Waals surface area (Å²) in [5, 5.41) is 7.47. The molecule has 0 saturated heterocycles. The molecular weight excluding hydrogens is 256 g/mol. The van der Waals surface area contributed by atoms with E-state index in [0.29, 0.717) is 29.4 Å². The quantitative estimate of drug-likeness (QED) is 0.638. The normalized spacial score (nSPS) is 12.9.